The predicted molar refractivity (Wildman–Crippen MR) is 57.6 cm³/mol. The Morgan fingerprint density at radius 2 is 2.25 bits per heavy atom. The molecule has 1 aromatic rings. The molecule has 0 spiro atoms. The number of carbonyl (C=O) groups is 1. The van der Waals surface area contributed by atoms with Gasteiger partial charge < -0.3 is 9.84 Å². The van der Waals surface area contributed by atoms with E-state index in [0.29, 0.717) is 11.1 Å². The Bertz CT molecular complexity index is 377. The average molecular weight is 226 g/mol. The maximum atomic E-state index is 12.5. The van der Waals surface area contributed by atoms with Gasteiger partial charge in [-0.1, -0.05) is 12.1 Å². The number of ether oxygens (including phenoxy) is 1. The van der Waals surface area contributed by atoms with Crippen LogP contribution in [0, 0.1) is 6.92 Å². The number of aliphatic hydroxyl groups is 1. The molecule has 0 aliphatic rings. The van der Waals surface area contributed by atoms with E-state index in [9.17, 15) is 14.3 Å². The molecule has 0 amide bonds. The quantitative estimate of drug-likeness (QED) is 0.799. The zero-order valence-electron chi connectivity index (χ0n) is 9.37. The molecule has 0 radical (unpaired) electrons. The van der Waals surface area contributed by atoms with Gasteiger partial charge >= 0.3 is 5.97 Å². The van der Waals surface area contributed by atoms with E-state index in [1.165, 1.54) is 6.07 Å². The van der Waals surface area contributed by atoms with E-state index in [-0.39, 0.29) is 6.61 Å². The van der Waals surface area contributed by atoms with Gasteiger partial charge in [-0.15, -0.1) is 0 Å². The van der Waals surface area contributed by atoms with Crippen LogP contribution in [0.3, 0.4) is 0 Å². The fraction of sp³-hybridized carbons (Fsp3) is 0.417. The second-order valence-corrected chi connectivity index (χ2v) is 3.48. The minimum absolute atomic E-state index is 0.206. The largest absolute Gasteiger partial charge is 0.464 e. The number of aliphatic hydroxyl groups excluding tert-OH is 1. The van der Waals surface area contributed by atoms with Gasteiger partial charge in [-0.2, -0.15) is 0 Å². The van der Waals surface area contributed by atoms with Crippen LogP contribution in [0.1, 0.15) is 29.7 Å². The molecular formula is C12H15FO3. The number of aryl methyl sites for hydroxylation is 1. The van der Waals surface area contributed by atoms with Crippen LogP contribution < -0.4 is 0 Å². The second-order valence-electron chi connectivity index (χ2n) is 3.48. The van der Waals surface area contributed by atoms with Gasteiger partial charge in [-0.05, 0) is 36.6 Å². The normalized spacial score (nSPS) is 12.2. The first-order chi connectivity index (χ1) is 7.60. The maximum Gasteiger partial charge on any atom is 0.339 e. The number of esters is 1. The van der Waals surface area contributed by atoms with Gasteiger partial charge in [0.1, 0.15) is 6.67 Å². The van der Waals surface area contributed by atoms with Crippen LogP contribution in [0.15, 0.2) is 18.2 Å². The van der Waals surface area contributed by atoms with Crippen molar-refractivity contribution in [1.29, 1.82) is 0 Å². The summed E-state index contributed by atoms with van der Waals surface area (Å²) >= 11 is 0. The minimum atomic E-state index is -1.34. The van der Waals surface area contributed by atoms with Crippen molar-refractivity contribution in [1.82, 2.24) is 0 Å². The molecule has 3 nitrogen and oxygen atoms in total. The summed E-state index contributed by atoms with van der Waals surface area (Å²) in [6.45, 7) is 3.00. The van der Waals surface area contributed by atoms with Crippen LogP contribution in [0.5, 0.6) is 0 Å². The van der Waals surface area contributed by atoms with Crippen molar-refractivity contribution in [3.63, 3.8) is 0 Å². The van der Waals surface area contributed by atoms with E-state index in [2.05, 4.69) is 0 Å². The molecule has 1 aromatic carbocycles. The highest BCUT2D eigenvalue weighted by molar-refractivity contribution is 5.76. The van der Waals surface area contributed by atoms with Crippen LogP contribution in [-0.2, 0) is 16.2 Å². The van der Waals surface area contributed by atoms with Crippen molar-refractivity contribution in [2.75, 3.05) is 6.61 Å². The van der Waals surface area contributed by atoms with Gasteiger partial charge in [-0.3, -0.25) is 0 Å². The van der Waals surface area contributed by atoms with Gasteiger partial charge in [0.05, 0.1) is 6.61 Å². The Morgan fingerprint density at radius 1 is 1.56 bits per heavy atom. The lowest BCUT2D eigenvalue weighted by Gasteiger charge is -2.13. The minimum Gasteiger partial charge on any atom is -0.464 e. The van der Waals surface area contributed by atoms with Crippen molar-refractivity contribution in [2.24, 2.45) is 0 Å². The van der Waals surface area contributed by atoms with Gasteiger partial charge in [0.25, 0.3) is 0 Å². The second kappa shape index (κ2) is 5.61. The van der Waals surface area contributed by atoms with E-state index in [4.69, 9.17) is 4.74 Å². The number of hydrogen-bond acceptors (Lipinski definition) is 3. The number of halogens is 1. The van der Waals surface area contributed by atoms with E-state index in [1.54, 1.807) is 26.0 Å². The average Bonchev–Trinajstić information content (AvgIpc) is 2.29. The smallest absolute Gasteiger partial charge is 0.339 e. The highest BCUT2D eigenvalue weighted by Gasteiger charge is 2.20. The highest BCUT2D eigenvalue weighted by Crippen LogP contribution is 2.21. The Hall–Kier alpha value is -1.42. The topological polar surface area (TPSA) is 46.5 Å². The van der Waals surface area contributed by atoms with E-state index < -0.39 is 18.7 Å². The molecule has 1 N–H and O–H groups in total. The fourth-order valence-corrected chi connectivity index (χ4v) is 1.42. The number of hydrogen-bond donors (Lipinski definition) is 1. The standard InChI is InChI=1S/C12H15FO3/c1-3-16-12(15)11(14)10-6-9(7-13)5-4-8(10)2/h4-6,11,14H,3,7H2,1-2H3. The lowest BCUT2D eigenvalue weighted by atomic mass is 10.0. The number of rotatable bonds is 4. The molecule has 4 heteroatoms. The van der Waals surface area contributed by atoms with Crippen LogP contribution in [0.25, 0.3) is 0 Å². The predicted octanol–water partition coefficient (Wildman–Crippen LogP) is 2.06. The van der Waals surface area contributed by atoms with E-state index in [1.807, 2.05) is 0 Å². The zero-order chi connectivity index (χ0) is 12.1. The summed E-state index contributed by atoms with van der Waals surface area (Å²) in [5.41, 5.74) is 1.57. The zero-order valence-corrected chi connectivity index (χ0v) is 9.37. The van der Waals surface area contributed by atoms with Crippen LogP contribution >= 0.6 is 0 Å². The molecule has 88 valence electrons. The molecule has 1 rings (SSSR count). The first kappa shape index (κ1) is 12.6. The third kappa shape index (κ3) is 2.79. The van der Waals surface area contributed by atoms with Crippen molar-refractivity contribution >= 4 is 5.97 Å². The Kier molecular flexibility index (Phi) is 4.43. The summed E-state index contributed by atoms with van der Waals surface area (Å²) in [5, 5.41) is 9.72. The molecule has 0 saturated heterocycles. The van der Waals surface area contributed by atoms with Crippen molar-refractivity contribution in [3.8, 4) is 0 Å². The molecule has 0 heterocycles. The Morgan fingerprint density at radius 3 is 2.81 bits per heavy atom. The summed E-state index contributed by atoms with van der Waals surface area (Å²) in [6, 6.07) is 4.78. The highest BCUT2D eigenvalue weighted by atomic mass is 19.1. The van der Waals surface area contributed by atoms with Gasteiger partial charge in [0.2, 0.25) is 0 Å². The van der Waals surface area contributed by atoms with Crippen molar-refractivity contribution < 1.29 is 19.0 Å². The fourth-order valence-electron chi connectivity index (χ4n) is 1.42. The lowest BCUT2D eigenvalue weighted by molar-refractivity contribution is -0.153. The molecule has 16 heavy (non-hydrogen) atoms. The van der Waals surface area contributed by atoms with Gasteiger partial charge in [0.15, 0.2) is 6.10 Å². The third-order valence-corrected chi connectivity index (χ3v) is 2.30. The number of benzene rings is 1. The van der Waals surface area contributed by atoms with Crippen molar-refractivity contribution in [3.05, 3.63) is 34.9 Å². The number of alkyl halides is 1. The summed E-state index contributed by atoms with van der Waals surface area (Å²) in [6.07, 6.45) is -1.34. The van der Waals surface area contributed by atoms with Crippen LogP contribution in [0.4, 0.5) is 4.39 Å². The third-order valence-electron chi connectivity index (χ3n) is 2.30. The molecule has 1 atom stereocenters. The summed E-state index contributed by atoms with van der Waals surface area (Å²) in [5.74, 6) is -0.707. The molecular weight excluding hydrogens is 211 g/mol. The molecule has 0 aromatic heterocycles. The van der Waals surface area contributed by atoms with E-state index in [0.717, 1.165) is 5.56 Å². The first-order valence-electron chi connectivity index (χ1n) is 5.10. The Balaban J connectivity index is 2.97. The van der Waals surface area contributed by atoms with Crippen LogP contribution in [0.2, 0.25) is 0 Å². The monoisotopic (exact) mass is 226 g/mol. The molecule has 0 aliphatic carbocycles. The van der Waals surface area contributed by atoms with Gasteiger partial charge in [0, 0.05) is 0 Å². The molecule has 0 bridgehead atoms. The molecule has 0 fully saturated rings. The first-order valence-corrected chi connectivity index (χ1v) is 5.10. The summed E-state index contributed by atoms with van der Waals surface area (Å²) in [4.78, 5) is 11.3. The Labute approximate surface area is 93.9 Å². The number of carbonyl (C=O) groups excluding carboxylic acids is 1. The lowest BCUT2D eigenvalue weighted by Crippen LogP contribution is -2.16. The SMILES string of the molecule is CCOC(=O)C(O)c1cc(CF)ccc1C. The molecule has 0 saturated carbocycles. The molecule has 1 unspecified atom stereocenters. The summed E-state index contributed by atoms with van der Waals surface area (Å²) in [7, 11) is 0. The van der Waals surface area contributed by atoms with Crippen molar-refractivity contribution in [2.45, 2.75) is 26.6 Å². The molecule has 0 aliphatic heterocycles. The summed E-state index contributed by atoms with van der Waals surface area (Å²) < 4.78 is 17.2. The van der Waals surface area contributed by atoms with Gasteiger partial charge in [-0.25, -0.2) is 9.18 Å². The van der Waals surface area contributed by atoms with E-state index >= 15 is 0 Å². The maximum absolute atomic E-state index is 12.5. The van der Waals surface area contributed by atoms with Crippen LogP contribution in [-0.4, -0.2) is 17.7 Å².